The van der Waals surface area contributed by atoms with Gasteiger partial charge in [0, 0.05) is 23.1 Å². The summed E-state index contributed by atoms with van der Waals surface area (Å²) in [6.45, 7) is 0.514. The van der Waals surface area contributed by atoms with Crippen LogP contribution < -0.4 is 5.32 Å². The van der Waals surface area contributed by atoms with Gasteiger partial charge in [-0.1, -0.05) is 41.6 Å². The predicted octanol–water partition coefficient (Wildman–Crippen LogP) is 3.44. The first-order valence-electron chi connectivity index (χ1n) is 7.65. The molecule has 124 valence electrons. The topological polar surface area (TPSA) is 58.4 Å². The van der Waals surface area contributed by atoms with Gasteiger partial charge in [0.15, 0.2) is 11.5 Å². The maximum absolute atomic E-state index is 12.3. The maximum atomic E-state index is 12.3. The third kappa shape index (κ3) is 3.72. The zero-order valence-electron chi connectivity index (χ0n) is 13.6. The number of nitrogens with zero attached hydrogens (tertiary/aromatic N) is 2. The quantitative estimate of drug-likeness (QED) is 0.746. The van der Waals surface area contributed by atoms with Crippen molar-refractivity contribution in [2.24, 2.45) is 0 Å². The highest BCUT2D eigenvalue weighted by atomic mass is 32.1. The number of hydrogen-bond donors (Lipinski definition) is 1. The van der Waals surface area contributed by atoms with E-state index in [0.717, 1.165) is 5.56 Å². The van der Waals surface area contributed by atoms with Crippen LogP contribution in [0.25, 0.3) is 11.3 Å². The van der Waals surface area contributed by atoms with Crippen LogP contribution in [0.3, 0.4) is 0 Å². The minimum atomic E-state index is -0.232. The summed E-state index contributed by atoms with van der Waals surface area (Å²) in [5, 5.41) is 8.86. The van der Waals surface area contributed by atoms with E-state index in [1.54, 1.807) is 17.4 Å². The van der Waals surface area contributed by atoms with E-state index in [1.165, 1.54) is 4.88 Å². The van der Waals surface area contributed by atoms with Gasteiger partial charge in [-0.25, -0.2) is 0 Å². The number of likely N-dealkylation sites (N-methyl/N-ethyl adjacent to an activating group) is 1. The lowest BCUT2D eigenvalue weighted by Gasteiger charge is -2.23. The Morgan fingerprint density at radius 2 is 2.04 bits per heavy atom. The second-order valence-corrected chi connectivity index (χ2v) is 6.63. The summed E-state index contributed by atoms with van der Waals surface area (Å²) in [4.78, 5) is 15.6. The van der Waals surface area contributed by atoms with Crippen LogP contribution in [-0.2, 0) is 0 Å². The normalized spacial score (nSPS) is 12.3. The van der Waals surface area contributed by atoms with Gasteiger partial charge in [-0.2, -0.15) is 0 Å². The summed E-state index contributed by atoms with van der Waals surface area (Å²) in [6.07, 6.45) is 0. The number of carbonyl (C=O) groups is 1. The van der Waals surface area contributed by atoms with Gasteiger partial charge in [0.05, 0.1) is 6.04 Å². The summed E-state index contributed by atoms with van der Waals surface area (Å²) in [6, 6.07) is 15.5. The molecule has 24 heavy (non-hydrogen) atoms. The van der Waals surface area contributed by atoms with Gasteiger partial charge in [0.2, 0.25) is 0 Å². The number of nitrogens with one attached hydrogen (secondary N) is 1. The molecule has 0 saturated carbocycles. The van der Waals surface area contributed by atoms with Gasteiger partial charge >= 0.3 is 0 Å². The van der Waals surface area contributed by atoms with Crippen LogP contribution in [0.1, 0.15) is 21.4 Å². The van der Waals surface area contributed by atoms with Crippen molar-refractivity contribution in [1.82, 2.24) is 15.4 Å². The third-order valence-corrected chi connectivity index (χ3v) is 4.73. The lowest BCUT2D eigenvalue weighted by Crippen LogP contribution is -2.34. The molecule has 0 fully saturated rings. The minimum absolute atomic E-state index is 0.134. The fourth-order valence-electron chi connectivity index (χ4n) is 2.42. The Hall–Kier alpha value is -2.44. The Bertz CT molecular complexity index is 782. The molecule has 0 unspecified atom stereocenters. The highest BCUT2D eigenvalue weighted by Crippen LogP contribution is 2.23. The van der Waals surface area contributed by atoms with E-state index in [9.17, 15) is 4.79 Å². The van der Waals surface area contributed by atoms with Gasteiger partial charge in [0.25, 0.3) is 5.91 Å². The Kier molecular flexibility index (Phi) is 5.08. The number of carbonyl (C=O) groups excluding carboxylic acids is 1. The van der Waals surface area contributed by atoms with Gasteiger partial charge in [-0.05, 0) is 25.5 Å². The molecule has 1 N–H and O–H groups in total. The van der Waals surface area contributed by atoms with Crippen LogP contribution in [0, 0.1) is 0 Å². The Labute approximate surface area is 144 Å². The Balaban J connectivity index is 1.66. The molecule has 0 saturated heterocycles. The van der Waals surface area contributed by atoms with Gasteiger partial charge in [-0.3, -0.25) is 4.79 Å². The molecule has 2 heterocycles. The molecule has 0 spiro atoms. The van der Waals surface area contributed by atoms with Crippen LogP contribution >= 0.6 is 11.3 Å². The van der Waals surface area contributed by atoms with Crippen LogP contribution in [0.5, 0.6) is 0 Å². The molecule has 3 rings (SSSR count). The van der Waals surface area contributed by atoms with Crippen molar-refractivity contribution in [3.05, 3.63) is 64.5 Å². The third-order valence-electron chi connectivity index (χ3n) is 3.75. The summed E-state index contributed by atoms with van der Waals surface area (Å²) >= 11 is 1.68. The smallest absolute Gasteiger partial charge is 0.273 e. The standard InChI is InChI=1S/C18H19N3O2S/c1-21(2)15(17-9-6-10-24-17)12-19-18(22)14-11-16(23-20-14)13-7-4-3-5-8-13/h3-11,15H,12H2,1-2H3,(H,19,22)/t15-/m1/s1. The zero-order valence-corrected chi connectivity index (χ0v) is 14.4. The molecular formula is C18H19N3O2S. The largest absolute Gasteiger partial charge is 0.355 e. The van der Waals surface area contributed by atoms with Crippen molar-refractivity contribution in [1.29, 1.82) is 0 Å². The number of hydrogen-bond acceptors (Lipinski definition) is 5. The molecule has 1 atom stereocenters. The van der Waals surface area contributed by atoms with Crippen molar-refractivity contribution in [2.75, 3.05) is 20.6 Å². The summed E-state index contributed by atoms with van der Waals surface area (Å²) in [7, 11) is 4.00. The van der Waals surface area contributed by atoms with Crippen molar-refractivity contribution >= 4 is 17.2 Å². The van der Waals surface area contributed by atoms with Crippen molar-refractivity contribution in [3.63, 3.8) is 0 Å². The van der Waals surface area contributed by atoms with Crippen molar-refractivity contribution in [3.8, 4) is 11.3 Å². The number of thiophene rings is 1. The average Bonchev–Trinajstić information content (AvgIpc) is 3.27. The monoisotopic (exact) mass is 341 g/mol. The SMILES string of the molecule is CN(C)[C@H](CNC(=O)c1cc(-c2ccccc2)on1)c1cccs1. The molecule has 5 nitrogen and oxygen atoms in total. The maximum Gasteiger partial charge on any atom is 0.273 e. The molecule has 1 aromatic carbocycles. The molecule has 6 heteroatoms. The van der Waals surface area contributed by atoms with Gasteiger partial charge in [0.1, 0.15) is 0 Å². The summed E-state index contributed by atoms with van der Waals surface area (Å²) in [5.74, 6) is 0.354. The molecule has 0 aliphatic carbocycles. The first kappa shape index (κ1) is 16.4. The number of benzene rings is 1. The van der Waals surface area contributed by atoms with Gasteiger partial charge < -0.3 is 14.7 Å². The van der Waals surface area contributed by atoms with E-state index in [1.807, 2.05) is 55.9 Å². The van der Waals surface area contributed by atoms with E-state index >= 15 is 0 Å². The Morgan fingerprint density at radius 3 is 2.71 bits per heavy atom. The molecule has 3 aromatic rings. The predicted molar refractivity (Wildman–Crippen MR) is 95.0 cm³/mol. The minimum Gasteiger partial charge on any atom is -0.355 e. The van der Waals surface area contributed by atoms with Crippen LogP contribution in [0.4, 0.5) is 0 Å². The second-order valence-electron chi connectivity index (χ2n) is 5.65. The van der Waals surface area contributed by atoms with Crippen molar-refractivity contribution < 1.29 is 9.32 Å². The van der Waals surface area contributed by atoms with E-state index in [2.05, 4.69) is 21.4 Å². The second kappa shape index (κ2) is 7.42. The zero-order chi connectivity index (χ0) is 16.9. The molecule has 0 aliphatic heterocycles. The fourth-order valence-corrected chi connectivity index (χ4v) is 3.34. The lowest BCUT2D eigenvalue weighted by atomic mass is 10.1. The van der Waals surface area contributed by atoms with Crippen LogP contribution in [-0.4, -0.2) is 36.6 Å². The van der Waals surface area contributed by atoms with E-state index < -0.39 is 0 Å². The van der Waals surface area contributed by atoms with Gasteiger partial charge in [-0.15, -0.1) is 11.3 Å². The molecule has 0 aliphatic rings. The lowest BCUT2D eigenvalue weighted by molar-refractivity contribution is 0.0933. The molecular weight excluding hydrogens is 322 g/mol. The average molecular weight is 341 g/mol. The van der Waals surface area contributed by atoms with E-state index in [0.29, 0.717) is 12.3 Å². The fraction of sp³-hybridized carbons (Fsp3) is 0.222. The molecule has 0 bridgehead atoms. The highest BCUT2D eigenvalue weighted by Gasteiger charge is 2.18. The van der Waals surface area contributed by atoms with E-state index in [4.69, 9.17) is 4.52 Å². The first-order chi connectivity index (χ1) is 11.6. The van der Waals surface area contributed by atoms with Crippen LogP contribution in [0.2, 0.25) is 0 Å². The molecule has 2 aromatic heterocycles. The van der Waals surface area contributed by atoms with Crippen LogP contribution in [0.15, 0.2) is 58.4 Å². The molecule has 0 radical (unpaired) electrons. The number of rotatable bonds is 6. The number of amides is 1. The van der Waals surface area contributed by atoms with E-state index in [-0.39, 0.29) is 17.6 Å². The highest BCUT2D eigenvalue weighted by molar-refractivity contribution is 7.10. The molecule has 1 amide bonds. The summed E-state index contributed by atoms with van der Waals surface area (Å²) < 4.78 is 5.28. The number of aromatic nitrogens is 1. The Morgan fingerprint density at radius 1 is 1.25 bits per heavy atom. The first-order valence-corrected chi connectivity index (χ1v) is 8.53. The summed E-state index contributed by atoms with van der Waals surface area (Å²) in [5.41, 5.74) is 1.19. The van der Waals surface area contributed by atoms with Crippen molar-refractivity contribution in [2.45, 2.75) is 6.04 Å².